The number of sulfonamides is 1. The van der Waals surface area contributed by atoms with Gasteiger partial charge in [0.1, 0.15) is 9.84 Å². The fourth-order valence-corrected chi connectivity index (χ4v) is 4.32. The molecule has 0 amide bonds. The van der Waals surface area contributed by atoms with Crippen molar-refractivity contribution in [3.8, 4) is 0 Å². The van der Waals surface area contributed by atoms with E-state index in [1.165, 1.54) is 0 Å². The Labute approximate surface area is 118 Å². The van der Waals surface area contributed by atoms with E-state index in [-0.39, 0.29) is 5.38 Å². The first kappa shape index (κ1) is 16.3. The molecule has 0 fully saturated rings. The van der Waals surface area contributed by atoms with Crippen LogP contribution in [0.4, 0.5) is 5.69 Å². The second-order valence-corrected chi connectivity index (χ2v) is 9.01. The predicted molar refractivity (Wildman–Crippen MR) is 77.8 cm³/mol. The Hall–Kier alpha value is -0.790. The molecular formula is C11H16ClNO4S2. The molecule has 0 aliphatic heterocycles. The highest BCUT2D eigenvalue weighted by Crippen LogP contribution is 2.27. The first-order chi connectivity index (χ1) is 8.61. The second-order valence-electron chi connectivity index (χ2n) is 4.25. The highest BCUT2D eigenvalue weighted by molar-refractivity contribution is 7.95. The summed E-state index contributed by atoms with van der Waals surface area (Å²) in [5.74, 6) is -0.891. The largest absolute Gasteiger partial charge is 0.283 e. The Balaban J connectivity index is 2.90. The number of nitrogens with one attached hydrogen (secondary N) is 1. The minimum atomic E-state index is -3.71. The third kappa shape index (κ3) is 5.80. The van der Waals surface area contributed by atoms with E-state index in [2.05, 4.69) is 4.72 Å². The molecule has 1 aromatic carbocycles. The Kier molecular flexibility index (Phi) is 5.23. The van der Waals surface area contributed by atoms with Crippen molar-refractivity contribution < 1.29 is 16.8 Å². The van der Waals surface area contributed by atoms with Crippen molar-refractivity contribution in [1.29, 1.82) is 0 Å². The summed E-state index contributed by atoms with van der Waals surface area (Å²) in [5, 5.41) is -0.353. The van der Waals surface area contributed by atoms with Crippen LogP contribution in [0.3, 0.4) is 0 Å². The number of anilines is 1. The van der Waals surface area contributed by atoms with Crippen LogP contribution in [0.1, 0.15) is 17.9 Å². The summed E-state index contributed by atoms with van der Waals surface area (Å²) in [5.41, 5.74) is 1.02. The fourth-order valence-electron chi connectivity index (χ4n) is 1.42. The van der Waals surface area contributed by atoms with Gasteiger partial charge in [-0.1, -0.05) is 18.2 Å². The minimum absolute atomic E-state index is 0.353. The van der Waals surface area contributed by atoms with Crippen molar-refractivity contribution in [3.63, 3.8) is 0 Å². The molecule has 0 saturated carbocycles. The number of hydrogen-bond donors (Lipinski definition) is 1. The predicted octanol–water partition coefficient (Wildman–Crippen LogP) is 1.77. The van der Waals surface area contributed by atoms with Gasteiger partial charge in [0, 0.05) is 6.26 Å². The van der Waals surface area contributed by atoms with Gasteiger partial charge in [0.2, 0.25) is 10.0 Å². The Bertz CT molecular complexity index is 638. The molecule has 0 radical (unpaired) electrons. The maximum Gasteiger partial charge on any atom is 0.233 e. The Morgan fingerprint density at radius 3 is 2.26 bits per heavy atom. The number of rotatable bonds is 6. The summed E-state index contributed by atoms with van der Waals surface area (Å²) in [6.07, 6.45) is 0.997. The van der Waals surface area contributed by atoms with Gasteiger partial charge in [-0.25, -0.2) is 16.8 Å². The zero-order valence-electron chi connectivity index (χ0n) is 10.6. The molecule has 1 N–H and O–H groups in total. The normalized spacial score (nSPS) is 14.1. The van der Waals surface area contributed by atoms with Crippen molar-refractivity contribution in [2.24, 2.45) is 0 Å². The molecule has 1 aromatic rings. The molecule has 0 spiro atoms. The van der Waals surface area contributed by atoms with Gasteiger partial charge < -0.3 is 0 Å². The lowest BCUT2D eigenvalue weighted by Gasteiger charge is -2.13. The second kappa shape index (κ2) is 6.11. The summed E-state index contributed by atoms with van der Waals surface area (Å²) >= 11 is 5.96. The van der Waals surface area contributed by atoms with Crippen LogP contribution in [-0.4, -0.2) is 34.6 Å². The monoisotopic (exact) mass is 325 g/mol. The lowest BCUT2D eigenvalue weighted by atomic mass is 10.1. The van der Waals surface area contributed by atoms with Crippen LogP contribution in [0.5, 0.6) is 0 Å². The SMILES string of the molecule is CC(Cl)c1ccccc1NS(=O)(=O)CCS(C)(=O)=O. The number of alkyl halides is 1. The molecule has 1 unspecified atom stereocenters. The average molecular weight is 326 g/mol. The van der Waals surface area contributed by atoms with Gasteiger partial charge >= 0.3 is 0 Å². The third-order valence-corrected chi connectivity index (χ3v) is 5.09. The summed E-state index contributed by atoms with van der Waals surface area (Å²) < 4.78 is 48.0. The quantitative estimate of drug-likeness (QED) is 0.808. The van der Waals surface area contributed by atoms with E-state index in [0.717, 1.165) is 6.26 Å². The maximum atomic E-state index is 11.8. The molecule has 0 aliphatic rings. The van der Waals surface area contributed by atoms with E-state index in [1.807, 2.05) is 0 Å². The Morgan fingerprint density at radius 2 is 1.74 bits per heavy atom. The van der Waals surface area contributed by atoms with Crippen molar-refractivity contribution in [3.05, 3.63) is 29.8 Å². The molecule has 1 rings (SSSR count). The van der Waals surface area contributed by atoms with Gasteiger partial charge in [0.15, 0.2) is 0 Å². The van der Waals surface area contributed by atoms with Crippen LogP contribution in [0.25, 0.3) is 0 Å². The molecular weight excluding hydrogens is 310 g/mol. The zero-order valence-corrected chi connectivity index (χ0v) is 13.0. The highest BCUT2D eigenvalue weighted by atomic mass is 35.5. The summed E-state index contributed by atoms with van der Waals surface area (Å²) in [4.78, 5) is 0. The van der Waals surface area contributed by atoms with E-state index in [9.17, 15) is 16.8 Å². The van der Waals surface area contributed by atoms with E-state index < -0.39 is 31.4 Å². The number of sulfone groups is 1. The van der Waals surface area contributed by atoms with Crippen LogP contribution in [0.15, 0.2) is 24.3 Å². The topological polar surface area (TPSA) is 80.3 Å². The molecule has 1 atom stereocenters. The van der Waals surface area contributed by atoms with Gasteiger partial charge in [0.25, 0.3) is 0 Å². The van der Waals surface area contributed by atoms with Crippen molar-refractivity contribution in [2.45, 2.75) is 12.3 Å². The standard InChI is InChI=1S/C11H16ClNO4S2/c1-9(12)10-5-3-4-6-11(10)13-19(16,17)8-7-18(2,14)15/h3-6,9,13H,7-8H2,1-2H3. The number of halogens is 1. The molecule has 8 heteroatoms. The highest BCUT2D eigenvalue weighted by Gasteiger charge is 2.17. The van der Waals surface area contributed by atoms with Gasteiger partial charge in [-0.3, -0.25) is 4.72 Å². The van der Waals surface area contributed by atoms with E-state index in [1.54, 1.807) is 31.2 Å². The molecule has 19 heavy (non-hydrogen) atoms. The molecule has 0 aromatic heterocycles. The molecule has 0 bridgehead atoms. The lowest BCUT2D eigenvalue weighted by molar-refractivity contribution is 0.593. The molecule has 5 nitrogen and oxygen atoms in total. The first-order valence-electron chi connectivity index (χ1n) is 5.52. The van der Waals surface area contributed by atoms with Crippen LogP contribution in [-0.2, 0) is 19.9 Å². The van der Waals surface area contributed by atoms with Crippen molar-refractivity contribution in [2.75, 3.05) is 22.5 Å². The summed E-state index contributed by atoms with van der Waals surface area (Å²) in [7, 11) is -7.03. The van der Waals surface area contributed by atoms with E-state index in [4.69, 9.17) is 11.6 Å². The first-order valence-corrected chi connectivity index (χ1v) is 9.67. The van der Waals surface area contributed by atoms with Crippen LogP contribution < -0.4 is 4.72 Å². The van der Waals surface area contributed by atoms with Crippen molar-refractivity contribution >= 4 is 37.1 Å². The average Bonchev–Trinajstić information content (AvgIpc) is 2.26. The van der Waals surface area contributed by atoms with Gasteiger partial charge in [-0.05, 0) is 18.6 Å². The van der Waals surface area contributed by atoms with Crippen LogP contribution in [0.2, 0.25) is 0 Å². The lowest BCUT2D eigenvalue weighted by Crippen LogP contribution is -2.23. The van der Waals surface area contributed by atoms with Crippen LogP contribution in [0, 0.1) is 0 Å². The van der Waals surface area contributed by atoms with Gasteiger partial charge in [0.05, 0.1) is 22.6 Å². The smallest absolute Gasteiger partial charge is 0.233 e. The molecule has 0 saturated heterocycles. The summed E-state index contributed by atoms with van der Waals surface area (Å²) in [6.45, 7) is 1.73. The summed E-state index contributed by atoms with van der Waals surface area (Å²) in [6, 6.07) is 6.73. The molecule has 0 heterocycles. The molecule has 0 aliphatic carbocycles. The fraction of sp³-hybridized carbons (Fsp3) is 0.455. The zero-order chi connectivity index (χ0) is 14.7. The van der Waals surface area contributed by atoms with Gasteiger partial charge in [-0.15, -0.1) is 11.6 Å². The van der Waals surface area contributed by atoms with E-state index in [0.29, 0.717) is 11.3 Å². The number of para-hydroxylation sites is 1. The number of hydrogen-bond acceptors (Lipinski definition) is 4. The number of benzene rings is 1. The Morgan fingerprint density at radius 1 is 1.16 bits per heavy atom. The minimum Gasteiger partial charge on any atom is -0.283 e. The van der Waals surface area contributed by atoms with E-state index >= 15 is 0 Å². The van der Waals surface area contributed by atoms with Crippen LogP contribution >= 0.6 is 11.6 Å². The third-order valence-electron chi connectivity index (χ3n) is 2.38. The molecule has 108 valence electrons. The van der Waals surface area contributed by atoms with Gasteiger partial charge in [-0.2, -0.15) is 0 Å². The van der Waals surface area contributed by atoms with Crippen molar-refractivity contribution in [1.82, 2.24) is 0 Å². The maximum absolute atomic E-state index is 11.8.